The maximum Gasteiger partial charge on any atom is 0.272 e. The summed E-state index contributed by atoms with van der Waals surface area (Å²) in [7, 11) is 0. The highest BCUT2D eigenvalue weighted by atomic mass is 32.2. The molecule has 1 amide bonds. The Balaban J connectivity index is 1.05. The first-order valence-corrected chi connectivity index (χ1v) is 15.4. The molecule has 3 aromatic heterocycles. The fraction of sp³-hybridized carbons (Fsp3) is 0.375. The number of piperidine rings is 2. The summed E-state index contributed by atoms with van der Waals surface area (Å²) in [5, 5.41) is 28.2. The molecule has 0 bridgehead atoms. The predicted molar refractivity (Wildman–Crippen MR) is 156 cm³/mol. The van der Waals surface area contributed by atoms with Gasteiger partial charge in [-0.3, -0.25) is 4.79 Å². The van der Waals surface area contributed by atoms with E-state index in [1.165, 1.54) is 6.07 Å². The largest absolute Gasteiger partial charge is 0.383 e. The first kappa shape index (κ1) is 26.6. The number of amides is 1. The minimum atomic E-state index is -1.02. The lowest BCUT2D eigenvalue weighted by atomic mass is 9.36. The van der Waals surface area contributed by atoms with Gasteiger partial charge in [0.15, 0.2) is 5.76 Å². The number of nitriles is 1. The van der Waals surface area contributed by atoms with Gasteiger partial charge in [0.2, 0.25) is 5.95 Å². The average molecular weight is 597 g/mol. The van der Waals surface area contributed by atoms with Crippen molar-refractivity contribution in [3.63, 3.8) is 0 Å². The highest BCUT2D eigenvalue weighted by molar-refractivity contribution is 7.97. The van der Waals surface area contributed by atoms with Gasteiger partial charge >= 0.3 is 0 Å². The zero-order valence-corrected chi connectivity index (χ0v) is 24.3. The molecule has 5 heterocycles. The summed E-state index contributed by atoms with van der Waals surface area (Å²) in [5.74, 6) is -0.490. The third kappa shape index (κ3) is 3.66. The molecule has 3 fully saturated rings. The zero-order chi connectivity index (χ0) is 29.5. The van der Waals surface area contributed by atoms with Gasteiger partial charge in [0.25, 0.3) is 5.91 Å². The Kier molecular flexibility index (Phi) is 5.89. The van der Waals surface area contributed by atoms with Crippen LogP contribution in [0.25, 0.3) is 11.3 Å². The van der Waals surface area contributed by atoms with Crippen LogP contribution in [0, 0.1) is 29.6 Å². The molecular formula is C32H29FN6O3S. The topological polar surface area (TPSA) is 120 Å². The summed E-state index contributed by atoms with van der Waals surface area (Å²) < 4.78 is 24.1. The van der Waals surface area contributed by atoms with E-state index < -0.39 is 11.5 Å². The molecule has 2 aliphatic carbocycles. The molecule has 4 aromatic rings. The van der Waals surface area contributed by atoms with Crippen molar-refractivity contribution in [1.29, 1.82) is 5.26 Å². The number of aromatic nitrogens is 3. The molecule has 1 spiro atoms. The molecule has 2 aliphatic heterocycles. The highest BCUT2D eigenvalue weighted by Crippen LogP contribution is 2.77. The zero-order valence-electron chi connectivity index (χ0n) is 23.5. The number of carbonyl (C=O) groups is 1. The van der Waals surface area contributed by atoms with Crippen molar-refractivity contribution in [3.05, 3.63) is 82.8 Å². The van der Waals surface area contributed by atoms with Crippen molar-refractivity contribution in [2.75, 3.05) is 5.32 Å². The molecule has 2 N–H and O–H groups in total. The number of halogens is 1. The molecule has 4 aliphatic rings. The number of hydrogen-bond acceptors (Lipinski definition) is 8. The van der Waals surface area contributed by atoms with Gasteiger partial charge in [-0.1, -0.05) is 35.5 Å². The quantitative estimate of drug-likeness (QED) is 0.219. The number of anilines is 1. The van der Waals surface area contributed by atoms with Crippen molar-refractivity contribution in [2.45, 2.75) is 74.6 Å². The van der Waals surface area contributed by atoms with E-state index in [1.54, 1.807) is 11.9 Å². The molecule has 11 heteroatoms. The lowest BCUT2D eigenvalue weighted by Gasteiger charge is -2.81. The van der Waals surface area contributed by atoms with E-state index in [0.717, 1.165) is 66.4 Å². The molecule has 4 unspecified atom stereocenters. The first-order valence-electron chi connectivity index (χ1n) is 14.7. The van der Waals surface area contributed by atoms with Gasteiger partial charge in [0.1, 0.15) is 28.8 Å². The molecule has 2 saturated carbocycles. The molecule has 218 valence electrons. The monoisotopic (exact) mass is 596 g/mol. The average Bonchev–Trinajstić information content (AvgIpc) is 3.58. The first-order chi connectivity index (χ1) is 20.8. The van der Waals surface area contributed by atoms with Crippen LogP contribution in [0.5, 0.6) is 0 Å². The van der Waals surface area contributed by atoms with Gasteiger partial charge in [-0.15, -0.1) is 0 Å². The highest BCUT2D eigenvalue weighted by Gasteiger charge is 2.83. The number of nitrogens with zero attached hydrogens (tertiary/aromatic N) is 5. The normalized spacial score (nSPS) is 27.0. The number of pyridine rings is 1. The number of aliphatic hydroxyl groups is 1. The van der Waals surface area contributed by atoms with Crippen LogP contribution in [0.15, 0.2) is 57.9 Å². The third-order valence-corrected chi connectivity index (χ3v) is 11.5. The molecule has 1 saturated heterocycles. The number of rotatable bonds is 6. The van der Waals surface area contributed by atoms with Gasteiger partial charge in [-0.25, -0.2) is 9.29 Å². The predicted octanol–water partition coefficient (Wildman–Crippen LogP) is 5.58. The molecule has 0 radical (unpaired) electrons. The number of fused-ring (bicyclic) bond motifs is 1. The van der Waals surface area contributed by atoms with Crippen molar-refractivity contribution in [1.82, 2.24) is 19.0 Å². The number of carbonyl (C=O) groups excluding carboxylic acids is 1. The van der Waals surface area contributed by atoms with Gasteiger partial charge < -0.3 is 19.5 Å². The maximum atomic E-state index is 13.9. The van der Waals surface area contributed by atoms with Crippen LogP contribution in [0.4, 0.5) is 10.1 Å². The van der Waals surface area contributed by atoms with Crippen molar-refractivity contribution in [2.24, 2.45) is 5.41 Å². The van der Waals surface area contributed by atoms with E-state index in [1.807, 2.05) is 49.4 Å². The Morgan fingerprint density at radius 1 is 1.23 bits per heavy atom. The summed E-state index contributed by atoms with van der Waals surface area (Å²) >= 11 is 1.71. The fourth-order valence-electron chi connectivity index (χ4n) is 7.91. The fourth-order valence-corrected chi connectivity index (χ4v) is 9.49. The molecule has 43 heavy (non-hydrogen) atoms. The van der Waals surface area contributed by atoms with Crippen molar-refractivity contribution in [3.8, 4) is 17.4 Å². The number of nitrogens with one attached hydrogen (secondary N) is 1. The van der Waals surface area contributed by atoms with E-state index >= 15 is 0 Å². The molecule has 9 nitrogen and oxygen atoms in total. The summed E-state index contributed by atoms with van der Waals surface area (Å²) in [6.45, 7) is 2.71. The Labute approximate surface area is 251 Å². The van der Waals surface area contributed by atoms with Gasteiger partial charge in [0, 0.05) is 58.0 Å². The van der Waals surface area contributed by atoms with Crippen LogP contribution in [0.1, 0.15) is 65.2 Å². The third-order valence-electron chi connectivity index (χ3n) is 10.1. The minimum Gasteiger partial charge on any atom is -0.383 e. The lowest BCUT2D eigenvalue weighted by molar-refractivity contribution is -0.349. The van der Waals surface area contributed by atoms with E-state index in [9.17, 15) is 14.3 Å². The molecule has 1 aromatic carbocycles. The summed E-state index contributed by atoms with van der Waals surface area (Å²) in [4.78, 5) is 18.2. The molecular weight excluding hydrogens is 567 g/mol. The second-order valence-corrected chi connectivity index (χ2v) is 13.1. The number of hydrogen-bond donors (Lipinski definition) is 2. The van der Waals surface area contributed by atoms with Crippen molar-refractivity contribution < 1.29 is 18.8 Å². The van der Waals surface area contributed by atoms with Gasteiger partial charge in [0.05, 0.1) is 0 Å². The Morgan fingerprint density at radius 3 is 2.81 bits per heavy atom. The summed E-state index contributed by atoms with van der Waals surface area (Å²) in [6, 6.07) is 16.4. The second kappa shape index (κ2) is 9.51. The van der Waals surface area contributed by atoms with Crippen LogP contribution in [0.3, 0.4) is 0 Å². The van der Waals surface area contributed by atoms with Crippen LogP contribution in [0.2, 0.25) is 0 Å². The summed E-state index contributed by atoms with van der Waals surface area (Å²) in [6.07, 6.45) is 5.41. The SMILES string of the molecule is Cc1c(SN2C3CCC34C2CC4(O)c2cc(-c3ccccc3)on2)c2n(c1C(=O)Nc1cc(F)nc(C#N)c1)CCCC2. The van der Waals surface area contributed by atoms with Crippen LogP contribution < -0.4 is 5.32 Å². The maximum absolute atomic E-state index is 13.9. The van der Waals surface area contributed by atoms with Gasteiger partial charge in [-0.2, -0.15) is 9.65 Å². The molecule has 8 rings (SSSR count). The number of benzene rings is 1. The van der Waals surface area contributed by atoms with Crippen molar-refractivity contribution >= 4 is 23.5 Å². The van der Waals surface area contributed by atoms with Gasteiger partial charge in [-0.05, 0) is 69.0 Å². The lowest BCUT2D eigenvalue weighted by Crippen LogP contribution is -2.88. The summed E-state index contributed by atoms with van der Waals surface area (Å²) in [5.41, 5.74) is 3.01. The standard InChI is InChI=1S/C32H29FN6O3S/c1-18-28(30(40)36-20-13-21(17-34)35-27(33)14-20)38-12-6-5-9-22(38)29(18)43-39-25-10-11-31(25)26(39)16-32(31,41)24-15-23(42-37-24)19-7-3-2-4-8-19/h2-4,7-8,13-15,25-26,41H,5-6,9-12,16H2,1H3,(H,35,36,40). The van der Waals surface area contributed by atoms with Crippen LogP contribution in [-0.2, 0) is 18.6 Å². The van der Waals surface area contributed by atoms with Crippen LogP contribution >= 0.6 is 11.9 Å². The Bertz CT molecular complexity index is 1820. The minimum absolute atomic E-state index is 0.0930. The second-order valence-electron chi connectivity index (χ2n) is 12.1. The Hall–Kier alpha value is -3.98. The van der Waals surface area contributed by atoms with E-state index in [-0.39, 0.29) is 34.8 Å². The Morgan fingerprint density at radius 2 is 2.07 bits per heavy atom. The van der Waals surface area contributed by atoms with Crippen LogP contribution in [-0.4, -0.2) is 42.1 Å². The smallest absolute Gasteiger partial charge is 0.272 e. The van der Waals surface area contributed by atoms with E-state index in [0.29, 0.717) is 23.6 Å². The molecule has 4 atom stereocenters. The van der Waals surface area contributed by atoms with E-state index in [2.05, 4.69) is 24.3 Å². The van der Waals surface area contributed by atoms with E-state index in [4.69, 9.17) is 9.78 Å².